The third-order valence-corrected chi connectivity index (χ3v) is 3.22. The number of ketones is 1. The molecule has 0 amide bonds. The van der Waals surface area contributed by atoms with Gasteiger partial charge in [0.05, 0.1) is 13.2 Å². The molecule has 3 rings (SSSR count). The Balaban J connectivity index is 1.99. The molecule has 1 aliphatic rings. The molecule has 1 aliphatic heterocycles. The van der Waals surface area contributed by atoms with Gasteiger partial charge >= 0.3 is 6.29 Å². The van der Waals surface area contributed by atoms with Gasteiger partial charge in [0.2, 0.25) is 5.28 Å². The molecule has 1 aromatic carbocycles. The monoisotopic (exact) mass is 345 g/mol. The Kier molecular flexibility index (Phi) is 3.90. The second-order valence-electron chi connectivity index (χ2n) is 4.66. The topological polar surface area (TPSA) is 93.6 Å². The van der Waals surface area contributed by atoms with Crippen LogP contribution in [0.2, 0.25) is 5.28 Å². The van der Waals surface area contributed by atoms with Gasteiger partial charge in [0.25, 0.3) is 0 Å². The highest BCUT2D eigenvalue weighted by Crippen LogP contribution is 2.46. The largest absolute Gasteiger partial charge is 0.586 e. The molecule has 0 spiro atoms. The smallest absolute Gasteiger partial charge is 0.396 e. The van der Waals surface area contributed by atoms with Crippen LogP contribution in [0.1, 0.15) is 6.42 Å². The van der Waals surface area contributed by atoms with E-state index in [2.05, 4.69) is 24.8 Å². The molecule has 10 heteroatoms. The number of Topliss-reactive ketones (excluding diaryl/α,β-unsaturated/α-hetero) is 1. The third-order valence-electron chi connectivity index (χ3n) is 3.05. The second-order valence-corrected chi connectivity index (χ2v) is 5.00. The van der Waals surface area contributed by atoms with Crippen molar-refractivity contribution in [1.29, 1.82) is 0 Å². The average molecular weight is 346 g/mol. The van der Waals surface area contributed by atoms with Crippen molar-refractivity contribution in [1.82, 2.24) is 9.97 Å². The fraction of sp³-hybridized carbons (Fsp3) is 0.308. The number of nitrogens with zero attached hydrogens (tertiary/aromatic N) is 2. The molecule has 0 atom stereocenters. The number of carbonyl (C=O) groups excluding carboxylic acids is 1. The van der Waals surface area contributed by atoms with Crippen molar-refractivity contribution in [3.63, 3.8) is 0 Å². The number of aliphatic hydroxyl groups is 1. The highest BCUT2D eigenvalue weighted by atomic mass is 35.5. The average Bonchev–Trinajstić information content (AvgIpc) is 2.79. The molecule has 0 fully saturated rings. The Bertz CT molecular complexity index is 787. The van der Waals surface area contributed by atoms with Gasteiger partial charge in [-0.05, 0) is 23.7 Å². The molecule has 7 nitrogen and oxygen atoms in total. The van der Waals surface area contributed by atoms with Crippen molar-refractivity contribution in [2.75, 3.05) is 18.5 Å². The van der Waals surface area contributed by atoms with Crippen molar-refractivity contribution in [3.8, 4) is 11.5 Å². The summed E-state index contributed by atoms with van der Waals surface area (Å²) in [4.78, 5) is 19.3. The van der Waals surface area contributed by atoms with E-state index in [1.807, 2.05) is 0 Å². The first-order valence-electron chi connectivity index (χ1n) is 6.52. The molecule has 0 saturated carbocycles. The number of alkyl halides is 2. The van der Waals surface area contributed by atoms with Crippen LogP contribution in [0.3, 0.4) is 0 Å². The standard InChI is InChI=1S/C13H10ClF2N3O4/c14-12-18-9-7(11(19-12)17-5-6(21)3-4-20)1-2-8-10(9)23-13(15,16)22-8/h1-2,20H,3-5H2,(H,17,18,19). The molecule has 2 heterocycles. The van der Waals surface area contributed by atoms with Crippen LogP contribution >= 0.6 is 11.6 Å². The third kappa shape index (κ3) is 3.10. The van der Waals surface area contributed by atoms with Crippen LogP contribution in [-0.4, -0.2) is 40.3 Å². The van der Waals surface area contributed by atoms with Gasteiger partial charge < -0.3 is 19.9 Å². The molecule has 23 heavy (non-hydrogen) atoms. The number of hydrogen-bond acceptors (Lipinski definition) is 7. The summed E-state index contributed by atoms with van der Waals surface area (Å²) in [5.41, 5.74) is 0.0387. The van der Waals surface area contributed by atoms with Gasteiger partial charge in [-0.1, -0.05) is 0 Å². The fourth-order valence-electron chi connectivity index (χ4n) is 2.10. The van der Waals surface area contributed by atoms with E-state index >= 15 is 0 Å². The van der Waals surface area contributed by atoms with Crippen molar-refractivity contribution in [2.45, 2.75) is 12.7 Å². The van der Waals surface area contributed by atoms with E-state index in [0.29, 0.717) is 5.39 Å². The van der Waals surface area contributed by atoms with Gasteiger partial charge in [0.15, 0.2) is 17.3 Å². The van der Waals surface area contributed by atoms with Crippen molar-refractivity contribution < 1.29 is 28.2 Å². The lowest BCUT2D eigenvalue weighted by Gasteiger charge is -2.09. The zero-order chi connectivity index (χ0) is 16.6. The Morgan fingerprint density at radius 2 is 2.13 bits per heavy atom. The lowest BCUT2D eigenvalue weighted by molar-refractivity contribution is -0.286. The van der Waals surface area contributed by atoms with Gasteiger partial charge in [-0.25, -0.2) is 9.97 Å². The number of carbonyl (C=O) groups is 1. The number of aromatic nitrogens is 2. The van der Waals surface area contributed by atoms with E-state index in [-0.39, 0.29) is 53.5 Å². The molecule has 0 saturated heterocycles. The van der Waals surface area contributed by atoms with Gasteiger partial charge in [0, 0.05) is 11.8 Å². The zero-order valence-corrected chi connectivity index (χ0v) is 12.2. The number of fused-ring (bicyclic) bond motifs is 3. The first-order chi connectivity index (χ1) is 10.9. The molecule has 1 aromatic heterocycles. The van der Waals surface area contributed by atoms with E-state index in [4.69, 9.17) is 16.7 Å². The zero-order valence-electron chi connectivity index (χ0n) is 11.5. The Labute approximate surface area is 133 Å². The maximum absolute atomic E-state index is 13.2. The minimum absolute atomic E-state index is 0.0116. The van der Waals surface area contributed by atoms with Crippen LogP contribution in [-0.2, 0) is 4.79 Å². The minimum atomic E-state index is -3.78. The number of halogens is 3. The number of aliphatic hydroxyl groups excluding tert-OH is 1. The molecular weight excluding hydrogens is 336 g/mol. The number of ether oxygens (including phenoxy) is 2. The number of nitrogens with one attached hydrogen (secondary N) is 1. The molecule has 0 aliphatic carbocycles. The van der Waals surface area contributed by atoms with E-state index in [0.717, 1.165) is 0 Å². The summed E-state index contributed by atoms with van der Waals surface area (Å²) in [6, 6.07) is 2.74. The van der Waals surface area contributed by atoms with E-state index in [1.165, 1.54) is 12.1 Å². The Morgan fingerprint density at radius 1 is 1.35 bits per heavy atom. The summed E-state index contributed by atoms with van der Waals surface area (Å²) in [5.74, 6) is -0.475. The maximum atomic E-state index is 13.2. The quantitative estimate of drug-likeness (QED) is 0.800. The SMILES string of the molecule is O=C(CCO)CNc1nc(Cl)nc2c3c(ccc12)OC(F)(F)O3. The van der Waals surface area contributed by atoms with Crippen molar-refractivity contribution in [2.24, 2.45) is 0 Å². The predicted molar refractivity (Wildman–Crippen MR) is 76.0 cm³/mol. The van der Waals surface area contributed by atoms with Gasteiger partial charge in [-0.2, -0.15) is 0 Å². The van der Waals surface area contributed by atoms with E-state index < -0.39 is 6.29 Å². The van der Waals surface area contributed by atoms with E-state index in [1.54, 1.807) is 0 Å². The Morgan fingerprint density at radius 3 is 2.87 bits per heavy atom. The maximum Gasteiger partial charge on any atom is 0.586 e. The number of hydrogen-bond donors (Lipinski definition) is 2. The van der Waals surface area contributed by atoms with Crippen LogP contribution in [0.15, 0.2) is 12.1 Å². The summed E-state index contributed by atoms with van der Waals surface area (Å²) in [7, 11) is 0. The normalized spacial score (nSPS) is 15.0. The van der Waals surface area contributed by atoms with Gasteiger partial charge in [0.1, 0.15) is 11.3 Å². The summed E-state index contributed by atoms with van der Waals surface area (Å²) < 4.78 is 35.2. The number of rotatable bonds is 5. The summed E-state index contributed by atoms with van der Waals surface area (Å²) in [6.45, 7) is -0.368. The highest BCUT2D eigenvalue weighted by Gasteiger charge is 2.44. The summed E-state index contributed by atoms with van der Waals surface area (Å²) in [6.07, 6.45) is -3.79. The summed E-state index contributed by atoms with van der Waals surface area (Å²) in [5, 5.41) is 11.6. The van der Waals surface area contributed by atoms with Gasteiger partial charge in [-0.3, -0.25) is 4.79 Å². The number of anilines is 1. The van der Waals surface area contributed by atoms with E-state index in [9.17, 15) is 13.6 Å². The highest BCUT2D eigenvalue weighted by molar-refractivity contribution is 6.29. The van der Waals surface area contributed by atoms with Crippen LogP contribution < -0.4 is 14.8 Å². The predicted octanol–water partition coefficient (Wildman–Crippen LogP) is 1.97. The molecule has 0 bridgehead atoms. The second kappa shape index (κ2) is 5.74. The lowest BCUT2D eigenvalue weighted by Crippen LogP contribution is -2.26. The summed E-state index contributed by atoms with van der Waals surface area (Å²) >= 11 is 5.80. The van der Waals surface area contributed by atoms with Crippen molar-refractivity contribution >= 4 is 34.1 Å². The molecule has 2 aromatic rings. The molecular formula is C13H10ClF2N3O4. The van der Waals surface area contributed by atoms with Crippen molar-refractivity contribution in [3.05, 3.63) is 17.4 Å². The first-order valence-corrected chi connectivity index (χ1v) is 6.90. The van der Waals surface area contributed by atoms with Gasteiger partial charge in [-0.15, -0.1) is 8.78 Å². The van der Waals surface area contributed by atoms with Crippen LogP contribution in [0.5, 0.6) is 11.5 Å². The van der Waals surface area contributed by atoms with Crippen LogP contribution in [0.4, 0.5) is 14.6 Å². The lowest BCUT2D eigenvalue weighted by atomic mass is 10.2. The Hall–Kier alpha value is -2.26. The molecule has 0 radical (unpaired) electrons. The molecule has 2 N–H and O–H groups in total. The number of benzene rings is 1. The molecule has 122 valence electrons. The fourth-order valence-corrected chi connectivity index (χ4v) is 2.27. The minimum Gasteiger partial charge on any atom is -0.396 e. The first kappa shape index (κ1) is 15.6. The van der Waals surface area contributed by atoms with Crippen LogP contribution in [0.25, 0.3) is 10.9 Å². The molecule has 0 unspecified atom stereocenters. The van der Waals surface area contributed by atoms with Crippen LogP contribution in [0, 0.1) is 0 Å².